The highest BCUT2D eigenvalue weighted by Gasteiger charge is 2.44. The van der Waals surface area contributed by atoms with Crippen molar-refractivity contribution < 1.29 is 9.47 Å². The molecule has 0 heterocycles. The molecule has 1 rings (SSSR count). The van der Waals surface area contributed by atoms with Crippen molar-refractivity contribution in [1.29, 1.82) is 0 Å². The van der Waals surface area contributed by atoms with E-state index in [1.165, 1.54) is 19.3 Å². The number of nitrogens with one attached hydrogen (secondary N) is 1. The van der Waals surface area contributed by atoms with Crippen LogP contribution in [0.4, 0.5) is 0 Å². The highest BCUT2D eigenvalue weighted by atomic mass is 16.5. The molecule has 102 valence electrons. The van der Waals surface area contributed by atoms with Gasteiger partial charge in [0, 0.05) is 20.3 Å². The maximum atomic E-state index is 5.78. The third kappa shape index (κ3) is 3.67. The van der Waals surface area contributed by atoms with E-state index in [0.717, 1.165) is 19.4 Å². The summed E-state index contributed by atoms with van der Waals surface area (Å²) in [6, 6.07) is 0.459. The summed E-state index contributed by atoms with van der Waals surface area (Å²) < 4.78 is 11.3. The van der Waals surface area contributed by atoms with Crippen LogP contribution in [0, 0.1) is 0 Å². The molecule has 1 atom stereocenters. The fourth-order valence-electron chi connectivity index (χ4n) is 2.61. The van der Waals surface area contributed by atoms with Crippen molar-refractivity contribution in [2.75, 3.05) is 20.8 Å². The molecule has 0 aromatic carbocycles. The van der Waals surface area contributed by atoms with Gasteiger partial charge in [0.15, 0.2) is 0 Å². The van der Waals surface area contributed by atoms with E-state index >= 15 is 0 Å². The predicted octanol–water partition coefficient (Wildman–Crippen LogP) is 2.74. The molecule has 1 aliphatic rings. The monoisotopic (exact) mass is 243 g/mol. The van der Waals surface area contributed by atoms with Gasteiger partial charge in [-0.2, -0.15) is 0 Å². The Kier molecular flexibility index (Phi) is 5.42. The Hall–Kier alpha value is -0.120. The maximum absolute atomic E-state index is 5.78. The molecule has 3 heteroatoms. The molecule has 17 heavy (non-hydrogen) atoms. The second kappa shape index (κ2) is 6.17. The van der Waals surface area contributed by atoms with E-state index in [4.69, 9.17) is 9.47 Å². The molecule has 3 nitrogen and oxygen atoms in total. The van der Waals surface area contributed by atoms with Crippen molar-refractivity contribution in [2.24, 2.45) is 0 Å². The SMILES string of the molecule is CCNC(CCC(C)(C)OC)C1(OC)CCC1. The summed E-state index contributed by atoms with van der Waals surface area (Å²) in [6.07, 6.45) is 5.85. The maximum Gasteiger partial charge on any atom is 0.0831 e. The third-order valence-corrected chi connectivity index (χ3v) is 4.28. The minimum absolute atomic E-state index is 0.0354. The second-order valence-corrected chi connectivity index (χ2v) is 5.74. The van der Waals surface area contributed by atoms with E-state index in [2.05, 4.69) is 26.1 Å². The van der Waals surface area contributed by atoms with Crippen molar-refractivity contribution in [2.45, 2.75) is 70.1 Å². The second-order valence-electron chi connectivity index (χ2n) is 5.74. The molecule has 0 radical (unpaired) electrons. The fraction of sp³-hybridized carbons (Fsp3) is 1.00. The molecule has 0 spiro atoms. The van der Waals surface area contributed by atoms with Crippen LogP contribution in [0.2, 0.25) is 0 Å². The number of hydrogen-bond acceptors (Lipinski definition) is 3. The zero-order chi connectivity index (χ0) is 12.9. The van der Waals surface area contributed by atoms with E-state index in [9.17, 15) is 0 Å². The van der Waals surface area contributed by atoms with E-state index < -0.39 is 0 Å². The van der Waals surface area contributed by atoms with Crippen LogP contribution in [0.1, 0.15) is 52.9 Å². The summed E-state index contributed by atoms with van der Waals surface area (Å²) in [4.78, 5) is 0. The summed E-state index contributed by atoms with van der Waals surface area (Å²) in [5, 5.41) is 3.59. The number of rotatable bonds is 8. The molecular weight excluding hydrogens is 214 g/mol. The molecule has 1 aliphatic carbocycles. The van der Waals surface area contributed by atoms with Crippen LogP contribution in [0.3, 0.4) is 0 Å². The first-order valence-electron chi connectivity index (χ1n) is 6.83. The van der Waals surface area contributed by atoms with Gasteiger partial charge in [0.25, 0.3) is 0 Å². The Bertz CT molecular complexity index is 219. The first kappa shape index (κ1) is 14.9. The topological polar surface area (TPSA) is 30.5 Å². The van der Waals surface area contributed by atoms with Crippen LogP contribution < -0.4 is 5.32 Å². The molecule has 0 amide bonds. The van der Waals surface area contributed by atoms with Gasteiger partial charge < -0.3 is 14.8 Å². The van der Waals surface area contributed by atoms with Crippen LogP contribution in [0.5, 0.6) is 0 Å². The quantitative estimate of drug-likeness (QED) is 0.711. The zero-order valence-corrected chi connectivity index (χ0v) is 12.1. The third-order valence-electron chi connectivity index (χ3n) is 4.28. The highest BCUT2D eigenvalue weighted by Crippen LogP contribution is 2.40. The molecule has 0 bridgehead atoms. The minimum atomic E-state index is -0.0354. The standard InChI is InChI=1S/C14H29NO2/c1-6-15-12(8-11-13(2,3)16-4)14(17-5)9-7-10-14/h12,15H,6-11H2,1-5H3. The molecule has 1 fully saturated rings. The molecule has 1 unspecified atom stereocenters. The normalized spacial score (nSPS) is 21.0. The lowest BCUT2D eigenvalue weighted by Gasteiger charge is -2.47. The Morgan fingerprint density at radius 2 is 1.94 bits per heavy atom. The minimum Gasteiger partial charge on any atom is -0.379 e. The zero-order valence-electron chi connectivity index (χ0n) is 12.1. The van der Waals surface area contributed by atoms with Crippen molar-refractivity contribution in [3.63, 3.8) is 0 Å². The summed E-state index contributed by atoms with van der Waals surface area (Å²) in [6.45, 7) is 7.46. The summed E-state index contributed by atoms with van der Waals surface area (Å²) in [7, 11) is 3.64. The molecule has 0 aliphatic heterocycles. The first-order chi connectivity index (χ1) is 7.99. The van der Waals surface area contributed by atoms with Gasteiger partial charge in [0.05, 0.1) is 11.2 Å². The average Bonchev–Trinajstić information content (AvgIpc) is 2.25. The van der Waals surface area contributed by atoms with Gasteiger partial charge in [-0.15, -0.1) is 0 Å². The first-order valence-corrected chi connectivity index (χ1v) is 6.83. The van der Waals surface area contributed by atoms with Crippen molar-refractivity contribution in [3.05, 3.63) is 0 Å². The van der Waals surface area contributed by atoms with Gasteiger partial charge >= 0.3 is 0 Å². The molecule has 0 aromatic rings. The van der Waals surface area contributed by atoms with Crippen molar-refractivity contribution in [3.8, 4) is 0 Å². The van der Waals surface area contributed by atoms with Gasteiger partial charge in [-0.25, -0.2) is 0 Å². The number of methoxy groups -OCH3 is 2. The van der Waals surface area contributed by atoms with Crippen LogP contribution in [-0.2, 0) is 9.47 Å². The molecule has 0 saturated heterocycles. The lowest BCUT2D eigenvalue weighted by atomic mass is 9.72. The van der Waals surface area contributed by atoms with E-state index in [1.54, 1.807) is 7.11 Å². The number of ether oxygens (including phenoxy) is 2. The predicted molar refractivity (Wildman–Crippen MR) is 71.4 cm³/mol. The average molecular weight is 243 g/mol. The van der Waals surface area contributed by atoms with Crippen LogP contribution in [-0.4, -0.2) is 38.0 Å². The van der Waals surface area contributed by atoms with Crippen LogP contribution in [0.25, 0.3) is 0 Å². The van der Waals surface area contributed by atoms with E-state index in [-0.39, 0.29) is 11.2 Å². The van der Waals surface area contributed by atoms with Gasteiger partial charge in [-0.05, 0) is 52.5 Å². The van der Waals surface area contributed by atoms with E-state index in [1.807, 2.05) is 7.11 Å². The van der Waals surface area contributed by atoms with Crippen molar-refractivity contribution in [1.82, 2.24) is 5.32 Å². The van der Waals surface area contributed by atoms with Gasteiger partial charge in [0.1, 0.15) is 0 Å². The van der Waals surface area contributed by atoms with Crippen LogP contribution >= 0.6 is 0 Å². The molecule has 0 aromatic heterocycles. The van der Waals surface area contributed by atoms with Gasteiger partial charge in [-0.3, -0.25) is 0 Å². The summed E-state index contributed by atoms with van der Waals surface area (Å²) in [5.41, 5.74) is 0.0478. The number of hydrogen-bond donors (Lipinski definition) is 1. The Labute approximate surface area is 106 Å². The molecule has 1 N–H and O–H groups in total. The Balaban J connectivity index is 2.54. The van der Waals surface area contributed by atoms with Gasteiger partial charge in [0.2, 0.25) is 0 Å². The molecular formula is C14H29NO2. The van der Waals surface area contributed by atoms with Gasteiger partial charge in [-0.1, -0.05) is 6.92 Å². The van der Waals surface area contributed by atoms with Crippen LogP contribution in [0.15, 0.2) is 0 Å². The summed E-state index contributed by atoms with van der Waals surface area (Å²) in [5.74, 6) is 0. The smallest absolute Gasteiger partial charge is 0.0831 e. The number of likely N-dealkylation sites (N-methyl/N-ethyl adjacent to an activating group) is 1. The lowest BCUT2D eigenvalue weighted by Crippen LogP contribution is -2.56. The Morgan fingerprint density at radius 3 is 2.29 bits per heavy atom. The summed E-state index contributed by atoms with van der Waals surface area (Å²) >= 11 is 0. The molecule has 1 saturated carbocycles. The lowest BCUT2D eigenvalue weighted by molar-refractivity contribution is -0.104. The highest BCUT2D eigenvalue weighted by molar-refractivity contribution is 5.00. The fourth-order valence-corrected chi connectivity index (χ4v) is 2.61. The van der Waals surface area contributed by atoms with Crippen molar-refractivity contribution >= 4 is 0 Å². The largest absolute Gasteiger partial charge is 0.379 e. The Morgan fingerprint density at radius 1 is 1.29 bits per heavy atom. The van der Waals surface area contributed by atoms with E-state index in [0.29, 0.717) is 6.04 Å².